The number of rotatable bonds is 6. The molecule has 0 aromatic heterocycles. The Kier molecular flexibility index (Phi) is 5.86. The predicted octanol–water partition coefficient (Wildman–Crippen LogP) is 3.66. The Morgan fingerprint density at radius 1 is 1.19 bits per heavy atom. The molecule has 0 heterocycles. The van der Waals surface area contributed by atoms with Crippen molar-refractivity contribution in [3.05, 3.63) is 34.9 Å². The van der Waals surface area contributed by atoms with Gasteiger partial charge in [-0.3, -0.25) is 0 Å². The van der Waals surface area contributed by atoms with Crippen molar-refractivity contribution in [3.63, 3.8) is 0 Å². The number of nitrogens with one attached hydrogen (secondary N) is 1. The first kappa shape index (κ1) is 13.5. The Bertz CT molecular complexity index is 302. The average molecular weight is 240 g/mol. The number of hydrogen-bond acceptors (Lipinski definition) is 1. The number of benzene rings is 1. The summed E-state index contributed by atoms with van der Waals surface area (Å²) in [7, 11) is 0. The van der Waals surface area contributed by atoms with Crippen LogP contribution < -0.4 is 5.32 Å². The number of hydrogen-bond donors (Lipinski definition) is 1. The van der Waals surface area contributed by atoms with Crippen molar-refractivity contribution in [1.29, 1.82) is 0 Å². The van der Waals surface area contributed by atoms with E-state index in [2.05, 4.69) is 44.3 Å². The number of alkyl halides is 1. The van der Waals surface area contributed by atoms with E-state index in [4.69, 9.17) is 11.6 Å². The molecule has 0 saturated heterocycles. The maximum atomic E-state index is 5.71. The second-order valence-corrected chi connectivity index (χ2v) is 5.09. The van der Waals surface area contributed by atoms with Crippen molar-refractivity contribution in [2.24, 2.45) is 5.92 Å². The van der Waals surface area contributed by atoms with E-state index in [1.54, 1.807) is 0 Å². The summed E-state index contributed by atoms with van der Waals surface area (Å²) in [6.07, 6.45) is 1.08. The van der Waals surface area contributed by atoms with Gasteiger partial charge in [-0.1, -0.05) is 36.2 Å². The molecule has 90 valence electrons. The molecule has 0 aliphatic rings. The molecule has 1 N–H and O–H groups in total. The van der Waals surface area contributed by atoms with Gasteiger partial charge in [0.05, 0.1) is 0 Å². The molecule has 0 radical (unpaired) electrons. The molecule has 0 fully saturated rings. The zero-order valence-corrected chi connectivity index (χ0v) is 11.3. The highest BCUT2D eigenvalue weighted by Crippen LogP contribution is 2.09. The monoisotopic (exact) mass is 239 g/mol. The van der Waals surface area contributed by atoms with E-state index in [-0.39, 0.29) is 0 Å². The van der Waals surface area contributed by atoms with Crippen molar-refractivity contribution in [2.75, 3.05) is 12.4 Å². The third-order valence-electron chi connectivity index (χ3n) is 2.71. The molecule has 0 bridgehead atoms. The molecule has 0 spiro atoms. The number of aryl methyl sites for hydroxylation is 2. The summed E-state index contributed by atoms with van der Waals surface area (Å²) < 4.78 is 0. The first-order chi connectivity index (χ1) is 7.61. The molecule has 1 nitrogen and oxygen atoms in total. The highest BCUT2D eigenvalue weighted by Gasteiger charge is 2.01. The molecule has 1 aromatic carbocycles. The minimum absolute atomic E-state index is 0.656. The average Bonchev–Trinajstić information content (AvgIpc) is 2.16. The van der Waals surface area contributed by atoms with Gasteiger partial charge >= 0.3 is 0 Å². The van der Waals surface area contributed by atoms with Crippen molar-refractivity contribution < 1.29 is 0 Å². The van der Waals surface area contributed by atoms with E-state index in [0.717, 1.165) is 25.4 Å². The molecule has 1 aromatic rings. The Labute approximate surface area is 104 Å². The first-order valence-electron chi connectivity index (χ1n) is 5.95. The summed E-state index contributed by atoms with van der Waals surface area (Å²) in [5, 5.41) is 3.48. The topological polar surface area (TPSA) is 12.0 Å². The van der Waals surface area contributed by atoms with Crippen molar-refractivity contribution in [1.82, 2.24) is 5.32 Å². The Hall–Kier alpha value is -0.530. The van der Waals surface area contributed by atoms with Crippen molar-refractivity contribution in [3.8, 4) is 0 Å². The van der Waals surface area contributed by atoms with E-state index in [1.165, 1.54) is 16.7 Å². The van der Waals surface area contributed by atoms with Gasteiger partial charge in [0.1, 0.15) is 0 Å². The van der Waals surface area contributed by atoms with Crippen molar-refractivity contribution >= 4 is 11.6 Å². The van der Waals surface area contributed by atoms with Crippen LogP contribution in [0.15, 0.2) is 18.2 Å². The van der Waals surface area contributed by atoms with Gasteiger partial charge in [0.25, 0.3) is 0 Å². The lowest BCUT2D eigenvalue weighted by molar-refractivity contribution is 0.502. The van der Waals surface area contributed by atoms with E-state index in [0.29, 0.717) is 5.92 Å². The summed E-state index contributed by atoms with van der Waals surface area (Å²) in [4.78, 5) is 0. The fourth-order valence-corrected chi connectivity index (χ4v) is 2.29. The maximum Gasteiger partial charge on any atom is 0.0226 e. The highest BCUT2D eigenvalue weighted by molar-refractivity contribution is 6.17. The Morgan fingerprint density at radius 3 is 2.38 bits per heavy atom. The second kappa shape index (κ2) is 6.93. The molecule has 2 heteroatoms. The van der Waals surface area contributed by atoms with Crippen LogP contribution in [0.1, 0.15) is 30.0 Å². The molecule has 1 rings (SSSR count). The summed E-state index contributed by atoms with van der Waals surface area (Å²) in [5.41, 5.74) is 4.05. The van der Waals surface area contributed by atoms with E-state index in [1.807, 2.05) is 0 Å². The van der Waals surface area contributed by atoms with Crippen LogP contribution in [0.4, 0.5) is 0 Å². The van der Waals surface area contributed by atoms with Gasteiger partial charge in [-0.05, 0) is 38.3 Å². The number of halogens is 1. The Balaban J connectivity index is 2.37. The quantitative estimate of drug-likeness (QED) is 0.748. The first-order valence-corrected chi connectivity index (χ1v) is 6.49. The van der Waals surface area contributed by atoms with Crippen LogP contribution in [0.5, 0.6) is 0 Å². The largest absolute Gasteiger partial charge is 0.312 e. The Morgan fingerprint density at radius 2 is 1.81 bits per heavy atom. The van der Waals surface area contributed by atoms with Crippen molar-refractivity contribution in [2.45, 2.75) is 33.7 Å². The third-order valence-corrected chi connectivity index (χ3v) is 2.92. The van der Waals surface area contributed by atoms with Gasteiger partial charge < -0.3 is 5.32 Å². The predicted molar refractivity (Wildman–Crippen MR) is 72.1 cm³/mol. The van der Waals surface area contributed by atoms with Gasteiger partial charge in [-0.2, -0.15) is 0 Å². The van der Waals surface area contributed by atoms with Crippen LogP contribution in [0.3, 0.4) is 0 Å². The third kappa shape index (κ3) is 5.00. The maximum absolute atomic E-state index is 5.71. The van der Waals surface area contributed by atoms with E-state index in [9.17, 15) is 0 Å². The molecule has 1 atom stereocenters. The lowest BCUT2D eigenvalue weighted by atomic mass is 10.1. The van der Waals surface area contributed by atoms with Gasteiger partial charge in [0, 0.05) is 12.4 Å². The summed E-state index contributed by atoms with van der Waals surface area (Å²) in [6.45, 7) is 8.52. The molecule has 16 heavy (non-hydrogen) atoms. The van der Waals surface area contributed by atoms with Crippen LogP contribution in [0, 0.1) is 19.8 Å². The molecular formula is C14H22ClN. The van der Waals surface area contributed by atoms with Crippen LogP contribution in [-0.4, -0.2) is 12.4 Å². The van der Waals surface area contributed by atoms with Gasteiger partial charge in [0.15, 0.2) is 0 Å². The second-order valence-electron chi connectivity index (χ2n) is 4.71. The smallest absolute Gasteiger partial charge is 0.0226 e. The zero-order chi connectivity index (χ0) is 12.0. The minimum Gasteiger partial charge on any atom is -0.312 e. The fourth-order valence-electron chi connectivity index (χ4n) is 1.92. The van der Waals surface area contributed by atoms with Crippen LogP contribution in [0.25, 0.3) is 0 Å². The van der Waals surface area contributed by atoms with Crippen LogP contribution in [0.2, 0.25) is 0 Å². The molecule has 0 saturated carbocycles. The standard InChI is InChI=1S/C14H22ClN/c1-11(4-5-15)9-16-10-14-7-12(2)6-13(3)8-14/h6-8,11,16H,4-5,9-10H2,1-3H3. The van der Waals surface area contributed by atoms with Gasteiger partial charge in [-0.25, -0.2) is 0 Å². The normalized spacial score (nSPS) is 12.8. The van der Waals surface area contributed by atoms with Gasteiger partial charge in [-0.15, -0.1) is 11.6 Å². The van der Waals surface area contributed by atoms with Crippen LogP contribution in [-0.2, 0) is 6.54 Å². The lowest BCUT2D eigenvalue weighted by Gasteiger charge is -2.11. The molecule has 0 amide bonds. The van der Waals surface area contributed by atoms with E-state index < -0.39 is 0 Å². The fraction of sp³-hybridized carbons (Fsp3) is 0.571. The van der Waals surface area contributed by atoms with E-state index >= 15 is 0 Å². The van der Waals surface area contributed by atoms with Gasteiger partial charge in [0.2, 0.25) is 0 Å². The summed E-state index contributed by atoms with van der Waals surface area (Å²) in [5.74, 6) is 1.41. The molecule has 1 unspecified atom stereocenters. The van der Waals surface area contributed by atoms with Crippen LogP contribution >= 0.6 is 11.6 Å². The molecule has 0 aliphatic heterocycles. The minimum atomic E-state index is 0.656. The SMILES string of the molecule is Cc1cc(C)cc(CNCC(C)CCCl)c1. The zero-order valence-electron chi connectivity index (χ0n) is 10.5. The lowest BCUT2D eigenvalue weighted by Crippen LogP contribution is -2.21. The summed E-state index contributed by atoms with van der Waals surface area (Å²) in [6, 6.07) is 6.69. The highest BCUT2D eigenvalue weighted by atomic mass is 35.5. The molecule has 0 aliphatic carbocycles. The summed E-state index contributed by atoms with van der Waals surface area (Å²) >= 11 is 5.71. The molecular weight excluding hydrogens is 218 g/mol.